The number of anilines is 1. The molecule has 2 rings (SSSR count). The molecule has 1 amide bonds. The highest BCUT2D eigenvalue weighted by Crippen LogP contribution is 2.20. The van der Waals surface area contributed by atoms with Gasteiger partial charge in [0.2, 0.25) is 10.0 Å². The maximum atomic E-state index is 12.7. The van der Waals surface area contributed by atoms with Gasteiger partial charge in [0, 0.05) is 25.9 Å². The van der Waals surface area contributed by atoms with Gasteiger partial charge < -0.3 is 10.1 Å². The lowest BCUT2D eigenvalue weighted by Gasteiger charge is -2.11. The van der Waals surface area contributed by atoms with E-state index in [4.69, 9.17) is 4.74 Å². The normalized spacial score (nSPS) is 11.9. The summed E-state index contributed by atoms with van der Waals surface area (Å²) in [6, 6.07) is 11.6. The third-order valence-corrected chi connectivity index (χ3v) is 7.63. The first-order chi connectivity index (χ1) is 14.2. The van der Waals surface area contributed by atoms with E-state index in [2.05, 4.69) is 10.0 Å². The lowest BCUT2D eigenvalue weighted by atomic mass is 10.2. The Balaban J connectivity index is 2.14. The minimum atomic E-state index is -3.67. The number of carbonyl (C=O) groups excluding carboxylic acids is 1. The second-order valence-corrected chi connectivity index (χ2v) is 10.4. The Morgan fingerprint density at radius 1 is 1.00 bits per heavy atom. The van der Waals surface area contributed by atoms with Crippen molar-refractivity contribution < 1.29 is 26.4 Å². The highest BCUT2D eigenvalue weighted by atomic mass is 32.2. The van der Waals surface area contributed by atoms with Gasteiger partial charge in [-0.25, -0.2) is 21.6 Å². The van der Waals surface area contributed by atoms with Crippen LogP contribution >= 0.6 is 0 Å². The molecule has 0 spiro atoms. The van der Waals surface area contributed by atoms with Gasteiger partial charge in [0.25, 0.3) is 5.91 Å². The molecular weight excluding hydrogens is 428 g/mol. The minimum absolute atomic E-state index is 0.0243. The fourth-order valence-corrected chi connectivity index (χ4v) is 5.34. The van der Waals surface area contributed by atoms with Crippen LogP contribution in [0.4, 0.5) is 5.69 Å². The molecule has 2 aromatic rings. The van der Waals surface area contributed by atoms with Gasteiger partial charge in [0.05, 0.1) is 21.1 Å². The zero-order valence-electron chi connectivity index (χ0n) is 16.9. The van der Waals surface area contributed by atoms with Crippen LogP contribution in [-0.4, -0.2) is 48.8 Å². The lowest BCUT2D eigenvalue weighted by molar-refractivity contribution is 0.102. The van der Waals surface area contributed by atoms with Crippen molar-refractivity contribution in [3.05, 3.63) is 54.1 Å². The zero-order chi connectivity index (χ0) is 22.2. The molecule has 2 aromatic carbocycles. The van der Waals surface area contributed by atoms with Crippen LogP contribution in [0.15, 0.2) is 58.3 Å². The number of rotatable bonds is 11. The number of benzene rings is 2. The van der Waals surface area contributed by atoms with Crippen LogP contribution in [0, 0.1) is 0 Å². The SMILES string of the molecule is CCCS(=O)(=O)c1ccccc1C(=O)Nc1ccc(S(=O)(=O)NCCCOC)cc1. The van der Waals surface area contributed by atoms with Gasteiger partial charge in [-0.3, -0.25) is 4.79 Å². The molecule has 0 atom stereocenters. The maximum Gasteiger partial charge on any atom is 0.256 e. The molecular formula is C20H26N2O6S2. The summed E-state index contributed by atoms with van der Waals surface area (Å²) < 4.78 is 56.7. The monoisotopic (exact) mass is 454 g/mol. The molecule has 164 valence electrons. The molecule has 30 heavy (non-hydrogen) atoms. The molecule has 8 nitrogen and oxygen atoms in total. The number of sulfone groups is 1. The largest absolute Gasteiger partial charge is 0.385 e. The zero-order valence-corrected chi connectivity index (χ0v) is 18.6. The van der Waals surface area contributed by atoms with E-state index in [0.29, 0.717) is 25.1 Å². The molecule has 0 radical (unpaired) electrons. The summed E-state index contributed by atoms with van der Waals surface area (Å²) in [7, 11) is -5.70. The van der Waals surface area contributed by atoms with Gasteiger partial charge in [-0.05, 0) is 49.2 Å². The quantitative estimate of drug-likeness (QED) is 0.504. The Morgan fingerprint density at radius 3 is 2.30 bits per heavy atom. The summed E-state index contributed by atoms with van der Waals surface area (Å²) in [6.07, 6.45) is 0.984. The fourth-order valence-electron chi connectivity index (χ4n) is 2.73. The summed E-state index contributed by atoms with van der Waals surface area (Å²) in [4.78, 5) is 12.7. The van der Waals surface area contributed by atoms with Crippen molar-refractivity contribution in [2.75, 3.05) is 31.3 Å². The second-order valence-electron chi connectivity index (χ2n) is 6.54. The van der Waals surface area contributed by atoms with Crippen molar-refractivity contribution in [1.82, 2.24) is 4.72 Å². The van der Waals surface area contributed by atoms with Crippen LogP contribution < -0.4 is 10.0 Å². The number of hydrogen-bond donors (Lipinski definition) is 2. The summed E-state index contributed by atoms with van der Waals surface area (Å²) in [5.74, 6) is -0.639. The van der Waals surface area contributed by atoms with Crippen LogP contribution in [-0.2, 0) is 24.6 Å². The Morgan fingerprint density at radius 2 is 1.67 bits per heavy atom. The van der Waals surface area contributed by atoms with Crippen molar-refractivity contribution in [3.8, 4) is 0 Å². The number of ether oxygens (including phenoxy) is 1. The third-order valence-electron chi connectivity index (χ3n) is 4.18. The molecule has 0 fully saturated rings. The minimum Gasteiger partial charge on any atom is -0.385 e. The maximum absolute atomic E-state index is 12.7. The van der Waals surface area contributed by atoms with Gasteiger partial charge in [-0.2, -0.15) is 0 Å². The van der Waals surface area contributed by atoms with Gasteiger partial charge in [0.15, 0.2) is 9.84 Å². The molecule has 10 heteroatoms. The topological polar surface area (TPSA) is 119 Å². The lowest BCUT2D eigenvalue weighted by Crippen LogP contribution is -2.25. The summed E-state index contributed by atoms with van der Waals surface area (Å²) in [5, 5.41) is 2.62. The average molecular weight is 455 g/mol. The number of hydrogen-bond acceptors (Lipinski definition) is 6. The summed E-state index contributed by atoms with van der Waals surface area (Å²) in [6.45, 7) is 2.45. The van der Waals surface area contributed by atoms with Gasteiger partial charge in [-0.1, -0.05) is 19.1 Å². The van der Waals surface area contributed by atoms with Crippen molar-refractivity contribution in [2.45, 2.75) is 29.6 Å². The first kappa shape index (κ1) is 24.0. The van der Waals surface area contributed by atoms with E-state index in [1.54, 1.807) is 26.2 Å². The number of sulfonamides is 1. The van der Waals surface area contributed by atoms with E-state index in [1.165, 1.54) is 36.4 Å². The van der Waals surface area contributed by atoms with Crippen LogP contribution in [0.2, 0.25) is 0 Å². The molecule has 0 unspecified atom stereocenters. The van der Waals surface area contributed by atoms with Gasteiger partial charge in [0.1, 0.15) is 0 Å². The average Bonchev–Trinajstić information content (AvgIpc) is 2.71. The third kappa shape index (κ3) is 6.36. The van der Waals surface area contributed by atoms with Crippen LogP contribution in [0.3, 0.4) is 0 Å². The molecule has 0 aromatic heterocycles. The Bertz CT molecular complexity index is 1060. The number of amides is 1. The van der Waals surface area contributed by atoms with E-state index in [-0.39, 0.29) is 27.7 Å². The number of nitrogens with one attached hydrogen (secondary N) is 2. The summed E-state index contributed by atoms with van der Waals surface area (Å²) >= 11 is 0. The second kappa shape index (κ2) is 10.7. The van der Waals surface area contributed by atoms with E-state index in [0.717, 1.165) is 0 Å². The summed E-state index contributed by atoms with van der Waals surface area (Å²) in [5.41, 5.74) is 0.392. The molecule has 0 bridgehead atoms. The molecule has 0 aliphatic heterocycles. The molecule has 0 aliphatic carbocycles. The Kier molecular flexibility index (Phi) is 8.54. The predicted molar refractivity (Wildman–Crippen MR) is 115 cm³/mol. The Labute approximate surface area is 177 Å². The fraction of sp³-hybridized carbons (Fsp3) is 0.350. The van der Waals surface area contributed by atoms with Crippen LogP contribution in [0.1, 0.15) is 30.1 Å². The number of carbonyl (C=O) groups is 1. The first-order valence-electron chi connectivity index (χ1n) is 9.43. The van der Waals surface area contributed by atoms with Gasteiger partial charge >= 0.3 is 0 Å². The molecule has 0 saturated heterocycles. The van der Waals surface area contributed by atoms with E-state index < -0.39 is 25.8 Å². The first-order valence-corrected chi connectivity index (χ1v) is 12.6. The number of methoxy groups -OCH3 is 1. The van der Waals surface area contributed by atoms with E-state index in [1.807, 2.05) is 0 Å². The van der Waals surface area contributed by atoms with Gasteiger partial charge in [-0.15, -0.1) is 0 Å². The van der Waals surface area contributed by atoms with Crippen molar-refractivity contribution >= 4 is 31.5 Å². The standard InChI is InChI=1S/C20H26N2O6S2/c1-3-15-29(24,25)19-8-5-4-7-18(19)20(23)22-16-9-11-17(12-10-16)30(26,27)21-13-6-14-28-2/h4-5,7-12,21H,3,6,13-15H2,1-2H3,(H,22,23). The van der Waals surface area contributed by atoms with Crippen molar-refractivity contribution in [1.29, 1.82) is 0 Å². The Hall–Kier alpha value is -2.27. The molecule has 2 N–H and O–H groups in total. The van der Waals surface area contributed by atoms with Crippen LogP contribution in [0.5, 0.6) is 0 Å². The highest BCUT2D eigenvalue weighted by Gasteiger charge is 2.21. The predicted octanol–water partition coefficient (Wildman–Crippen LogP) is 2.44. The van der Waals surface area contributed by atoms with E-state index >= 15 is 0 Å². The van der Waals surface area contributed by atoms with Crippen LogP contribution in [0.25, 0.3) is 0 Å². The molecule has 0 aliphatic rings. The van der Waals surface area contributed by atoms with Crippen molar-refractivity contribution in [3.63, 3.8) is 0 Å². The molecule has 0 heterocycles. The highest BCUT2D eigenvalue weighted by molar-refractivity contribution is 7.91. The smallest absolute Gasteiger partial charge is 0.256 e. The van der Waals surface area contributed by atoms with Crippen molar-refractivity contribution in [2.24, 2.45) is 0 Å². The van der Waals surface area contributed by atoms with E-state index in [9.17, 15) is 21.6 Å². The molecule has 0 saturated carbocycles.